The average Bonchev–Trinajstić information content (AvgIpc) is 2.57. The fourth-order valence-corrected chi connectivity index (χ4v) is 3.06. The Kier molecular flexibility index (Phi) is 4.63. The summed E-state index contributed by atoms with van der Waals surface area (Å²) in [7, 11) is 0. The SMILES string of the molecule is O[C@H](c1ccccn1)C1CCN(Cc2ccccc2)CC1. The van der Waals surface area contributed by atoms with Gasteiger partial charge in [0.05, 0.1) is 11.8 Å². The molecule has 0 aliphatic carbocycles. The van der Waals surface area contributed by atoms with Crippen LogP contribution in [0.3, 0.4) is 0 Å². The van der Waals surface area contributed by atoms with Gasteiger partial charge in [0, 0.05) is 12.7 Å². The summed E-state index contributed by atoms with van der Waals surface area (Å²) in [5.74, 6) is 0.326. The summed E-state index contributed by atoms with van der Waals surface area (Å²) in [6.45, 7) is 3.10. The number of pyridine rings is 1. The van der Waals surface area contributed by atoms with E-state index in [1.165, 1.54) is 5.56 Å². The molecule has 0 amide bonds. The van der Waals surface area contributed by atoms with Gasteiger partial charge in [-0.15, -0.1) is 0 Å². The zero-order valence-electron chi connectivity index (χ0n) is 12.2. The third-order valence-electron chi connectivity index (χ3n) is 4.32. The Balaban J connectivity index is 1.53. The minimum atomic E-state index is -0.426. The van der Waals surface area contributed by atoms with Crippen LogP contribution in [0, 0.1) is 5.92 Å². The molecule has 0 spiro atoms. The average molecular weight is 282 g/mol. The quantitative estimate of drug-likeness (QED) is 0.936. The molecule has 1 aromatic heterocycles. The highest BCUT2D eigenvalue weighted by molar-refractivity contribution is 5.14. The first-order valence-electron chi connectivity index (χ1n) is 7.68. The molecule has 0 bridgehead atoms. The number of hydrogen-bond donors (Lipinski definition) is 1. The molecule has 3 heteroatoms. The van der Waals surface area contributed by atoms with Crippen LogP contribution in [0.15, 0.2) is 54.7 Å². The first-order chi connectivity index (χ1) is 10.3. The topological polar surface area (TPSA) is 36.4 Å². The van der Waals surface area contributed by atoms with Crippen molar-refractivity contribution >= 4 is 0 Å². The first kappa shape index (κ1) is 14.2. The van der Waals surface area contributed by atoms with Gasteiger partial charge in [-0.2, -0.15) is 0 Å². The molecular weight excluding hydrogens is 260 g/mol. The van der Waals surface area contributed by atoms with Crippen molar-refractivity contribution in [3.8, 4) is 0 Å². The Morgan fingerprint density at radius 3 is 2.43 bits per heavy atom. The van der Waals surface area contributed by atoms with Crippen LogP contribution in [-0.2, 0) is 6.54 Å². The van der Waals surface area contributed by atoms with Gasteiger partial charge in [0.1, 0.15) is 0 Å². The highest BCUT2D eigenvalue weighted by atomic mass is 16.3. The number of likely N-dealkylation sites (tertiary alicyclic amines) is 1. The fourth-order valence-electron chi connectivity index (χ4n) is 3.06. The van der Waals surface area contributed by atoms with Crippen LogP contribution < -0.4 is 0 Å². The number of nitrogens with zero attached hydrogens (tertiary/aromatic N) is 2. The van der Waals surface area contributed by atoms with Crippen molar-refractivity contribution in [2.75, 3.05) is 13.1 Å². The third-order valence-corrected chi connectivity index (χ3v) is 4.32. The van der Waals surface area contributed by atoms with Gasteiger partial charge in [-0.05, 0) is 49.5 Å². The van der Waals surface area contributed by atoms with E-state index in [0.29, 0.717) is 5.92 Å². The second-order valence-corrected chi connectivity index (χ2v) is 5.80. The Morgan fingerprint density at radius 2 is 1.76 bits per heavy atom. The predicted molar refractivity (Wildman–Crippen MR) is 83.6 cm³/mol. The minimum Gasteiger partial charge on any atom is -0.387 e. The molecule has 0 radical (unpaired) electrons. The van der Waals surface area contributed by atoms with Gasteiger partial charge in [0.2, 0.25) is 0 Å². The van der Waals surface area contributed by atoms with Crippen molar-refractivity contribution in [1.82, 2.24) is 9.88 Å². The maximum atomic E-state index is 10.4. The first-order valence-corrected chi connectivity index (χ1v) is 7.68. The molecule has 1 atom stereocenters. The monoisotopic (exact) mass is 282 g/mol. The summed E-state index contributed by atoms with van der Waals surface area (Å²) in [6, 6.07) is 16.3. The molecule has 21 heavy (non-hydrogen) atoms. The molecule has 2 heterocycles. The van der Waals surface area contributed by atoms with Gasteiger partial charge < -0.3 is 5.11 Å². The molecule has 1 N–H and O–H groups in total. The Labute approximate surface area is 126 Å². The van der Waals surface area contributed by atoms with Crippen molar-refractivity contribution in [3.05, 3.63) is 66.0 Å². The van der Waals surface area contributed by atoms with E-state index in [9.17, 15) is 5.11 Å². The molecule has 3 nitrogen and oxygen atoms in total. The van der Waals surface area contributed by atoms with E-state index in [4.69, 9.17) is 0 Å². The molecule has 1 aliphatic heterocycles. The molecule has 110 valence electrons. The summed E-state index contributed by atoms with van der Waals surface area (Å²) < 4.78 is 0. The standard InChI is InChI=1S/C18H22N2O/c21-18(17-8-4-5-11-19-17)16-9-12-20(13-10-16)14-15-6-2-1-3-7-15/h1-8,11,16,18,21H,9-10,12-14H2/t18-/m0/s1. The molecule has 0 unspecified atom stereocenters. The number of hydrogen-bond acceptors (Lipinski definition) is 3. The van der Waals surface area contributed by atoms with Gasteiger partial charge in [-0.3, -0.25) is 9.88 Å². The summed E-state index contributed by atoms with van der Waals surface area (Å²) >= 11 is 0. The lowest BCUT2D eigenvalue weighted by molar-refractivity contribution is 0.0540. The predicted octanol–water partition coefficient (Wildman–Crippen LogP) is 3.03. The van der Waals surface area contributed by atoms with Gasteiger partial charge in [-0.1, -0.05) is 36.4 Å². The highest BCUT2D eigenvalue weighted by Crippen LogP contribution is 2.30. The van der Waals surface area contributed by atoms with Crippen molar-refractivity contribution < 1.29 is 5.11 Å². The van der Waals surface area contributed by atoms with Crippen LogP contribution in [-0.4, -0.2) is 28.1 Å². The highest BCUT2D eigenvalue weighted by Gasteiger charge is 2.26. The van der Waals surface area contributed by atoms with Crippen LogP contribution in [0.25, 0.3) is 0 Å². The van der Waals surface area contributed by atoms with Gasteiger partial charge >= 0.3 is 0 Å². The van der Waals surface area contributed by atoms with Crippen molar-refractivity contribution in [1.29, 1.82) is 0 Å². The number of aliphatic hydroxyl groups is 1. The Hall–Kier alpha value is -1.71. The normalized spacial score (nSPS) is 18.5. The maximum absolute atomic E-state index is 10.4. The lowest BCUT2D eigenvalue weighted by atomic mass is 9.89. The van der Waals surface area contributed by atoms with Crippen LogP contribution in [0.1, 0.15) is 30.2 Å². The fraction of sp³-hybridized carbons (Fsp3) is 0.389. The van der Waals surface area contributed by atoms with E-state index < -0.39 is 6.10 Å². The minimum absolute atomic E-state index is 0.326. The summed E-state index contributed by atoms with van der Waals surface area (Å²) in [6.07, 6.45) is 3.39. The molecule has 3 rings (SSSR count). The van der Waals surface area contributed by atoms with Crippen LogP contribution in [0.2, 0.25) is 0 Å². The van der Waals surface area contributed by atoms with E-state index in [1.54, 1.807) is 6.20 Å². The smallest absolute Gasteiger partial charge is 0.0988 e. The van der Waals surface area contributed by atoms with Crippen LogP contribution >= 0.6 is 0 Å². The lowest BCUT2D eigenvalue weighted by Crippen LogP contribution is -2.35. The number of aromatic nitrogens is 1. The van der Waals surface area contributed by atoms with Crippen LogP contribution in [0.4, 0.5) is 0 Å². The number of piperidine rings is 1. The van der Waals surface area contributed by atoms with Gasteiger partial charge in [0.15, 0.2) is 0 Å². The van der Waals surface area contributed by atoms with E-state index in [0.717, 1.165) is 38.2 Å². The molecule has 0 saturated carbocycles. The molecule has 1 aromatic carbocycles. The van der Waals surface area contributed by atoms with E-state index >= 15 is 0 Å². The van der Waals surface area contributed by atoms with Crippen LogP contribution in [0.5, 0.6) is 0 Å². The largest absolute Gasteiger partial charge is 0.387 e. The number of benzene rings is 1. The zero-order valence-corrected chi connectivity index (χ0v) is 12.2. The van der Waals surface area contributed by atoms with Gasteiger partial charge in [-0.25, -0.2) is 0 Å². The summed E-state index contributed by atoms with van der Waals surface area (Å²) in [4.78, 5) is 6.75. The Bertz CT molecular complexity index is 536. The molecule has 1 fully saturated rings. The van der Waals surface area contributed by atoms with Gasteiger partial charge in [0.25, 0.3) is 0 Å². The molecule has 1 aliphatic rings. The van der Waals surface area contributed by atoms with Crippen molar-refractivity contribution in [3.63, 3.8) is 0 Å². The van der Waals surface area contributed by atoms with E-state index in [1.807, 2.05) is 18.2 Å². The molecule has 2 aromatic rings. The second kappa shape index (κ2) is 6.83. The summed E-state index contributed by atoms with van der Waals surface area (Å²) in [5, 5.41) is 10.4. The van der Waals surface area contributed by atoms with E-state index in [2.05, 4.69) is 40.2 Å². The van der Waals surface area contributed by atoms with Crippen molar-refractivity contribution in [2.24, 2.45) is 5.92 Å². The third kappa shape index (κ3) is 3.69. The lowest BCUT2D eigenvalue weighted by Gasteiger charge is -2.34. The summed E-state index contributed by atoms with van der Waals surface area (Å²) in [5.41, 5.74) is 2.17. The van der Waals surface area contributed by atoms with E-state index in [-0.39, 0.29) is 0 Å². The second-order valence-electron chi connectivity index (χ2n) is 5.80. The zero-order chi connectivity index (χ0) is 14.5. The number of rotatable bonds is 4. The maximum Gasteiger partial charge on any atom is 0.0988 e. The Morgan fingerprint density at radius 1 is 1.05 bits per heavy atom. The molecular formula is C18H22N2O. The molecule has 1 saturated heterocycles. The van der Waals surface area contributed by atoms with Crippen molar-refractivity contribution in [2.45, 2.75) is 25.5 Å². The number of aliphatic hydroxyl groups excluding tert-OH is 1.